The zero-order valence-electron chi connectivity index (χ0n) is 17.6. The Balaban J connectivity index is 1.44. The molecule has 1 aliphatic rings. The normalized spacial score (nSPS) is 12.7. The topological polar surface area (TPSA) is 105 Å². The number of ether oxygens (including phenoxy) is 1. The predicted molar refractivity (Wildman–Crippen MR) is 124 cm³/mol. The lowest BCUT2D eigenvalue weighted by Gasteiger charge is -2.15. The number of aliphatic hydroxyl groups is 1. The van der Waals surface area contributed by atoms with Crippen LogP contribution in [0.3, 0.4) is 0 Å². The summed E-state index contributed by atoms with van der Waals surface area (Å²) in [4.78, 5) is 12.4. The first-order valence-electron chi connectivity index (χ1n) is 10.4. The van der Waals surface area contributed by atoms with Crippen LogP contribution < -0.4 is 10.0 Å². The molecule has 0 radical (unpaired) electrons. The number of sulfonamides is 1. The Kier molecular flexibility index (Phi) is 6.62. The molecule has 9 heteroatoms. The quantitative estimate of drug-likeness (QED) is 0.455. The third-order valence-electron chi connectivity index (χ3n) is 5.39. The molecule has 1 amide bonds. The van der Waals surface area contributed by atoms with E-state index in [2.05, 4.69) is 10.0 Å². The van der Waals surface area contributed by atoms with Crippen LogP contribution in [0.2, 0.25) is 0 Å². The van der Waals surface area contributed by atoms with Gasteiger partial charge >= 0.3 is 6.09 Å². The van der Waals surface area contributed by atoms with Gasteiger partial charge in [-0.1, -0.05) is 48.5 Å². The summed E-state index contributed by atoms with van der Waals surface area (Å²) in [7, 11) is -3.71. The van der Waals surface area contributed by atoms with Crippen LogP contribution in [-0.4, -0.2) is 38.6 Å². The van der Waals surface area contributed by atoms with Crippen LogP contribution in [0.5, 0.6) is 0 Å². The highest BCUT2D eigenvalue weighted by atomic mass is 32.2. The van der Waals surface area contributed by atoms with Gasteiger partial charge in [-0.3, -0.25) is 10.0 Å². The molecule has 4 rings (SSSR count). The summed E-state index contributed by atoms with van der Waals surface area (Å²) in [5.74, 6) is -1.16. The van der Waals surface area contributed by atoms with Crippen LogP contribution in [0, 0.1) is 5.82 Å². The summed E-state index contributed by atoms with van der Waals surface area (Å²) in [5, 5.41) is 11.2. The van der Waals surface area contributed by atoms with Crippen molar-refractivity contribution in [3.63, 3.8) is 0 Å². The highest BCUT2D eigenvalue weighted by Crippen LogP contribution is 2.44. The number of hydrogen-bond donors (Lipinski definition) is 3. The molecule has 0 aliphatic heterocycles. The van der Waals surface area contributed by atoms with E-state index >= 15 is 0 Å². The molecule has 172 valence electrons. The average molecular weight is 471 g/mol. The van der Waals surface area contributed by atoms with Gasteiger partial charge in [0, 0.05) is 12.5 Å². The summed E-state index contributed by atoms with van der Waals surface area (Å²) < 4.78 is 45.9. The van der Waals surface area contributed by atoms with E-state index in [1.165, 1.54) is 12.1 Å². The van der Waals surface area contributed by atoms with Crippen LogP contribution in [0.4, 0.5) is 20.6 Å². The van der Waals surface area contributed by atoms with Crippen LogP contribution >= 0.6 is 0 Å². The second kappa shape index (κ2) is 9.60. The molecule has 0 saturated carbocycles. The first-order chi connectivity index (χ1) is 15.9. The maximum absolute atomic E-state index is 14.2. The minimum absolute atomic E-state index is 0.0644. The van der Waals surface area contributed by atoms with Crippen molar-refractivity contribution in [3.05, 3.63) is 83.7 Å². The van der Waals surface area contributed by atoms with E-state index in [1.54, 1.807) is 0 Å². The Bertz CT molecular complexity index is 1230. The summed E-state index contributed by atoms with van der Waals surface area (Å²) >= 11 is 0. The standard InChI is InChI=1S/C24H23FN2O5S/c25-22-11-10-16(27-33(30,31)13-5-12-28)14-23(22)26-24(29)32-15-21-19-8-3-1-6-17(19)18-7-2-4-9-20(18)21/h1-4,6-11,14,21,27-28H,5,12-13,15H2,(H,26,29). The number of carbonyl (C=O) groups is 1. The lowest BCUT2D eigenvalue weighted by Crippen LogP contribution is -2.19. The van der Waals surface area contributed by atoms with E-state index in [4.69, 9.17) is 9.84 Å². The van der Waals surface area contributed by atoms with Gasteiger partial charge in [-0.25, -0.2) is 17.6 Å². The molecular formula is C24H23FN2O5S. The SMILES string of the molecule is O=C(Nc1cc(NS(=O)(=O)CCCO)ccc1F)OCC1c2ccccc2-c2ccccc21. The van der Waals surface area contributed by atoms with E-state index < -0.39 is 21.9 Å². The minimum Gasteiger partial charge on any atom is -0.448 e. The van der Waals surface area contributed by atoms with Gasteiger partial charge in [0.05, 0.1) is 17.1 Å². The number of amides is 1. The number of halogens is 1. The van der Waals surface area contributed by atoms with E-state index in [9.17, 15) is 17.6 Å². The van der Waals surface area contributed by atoms with Gasteiger partial charge in [-0.15, -0.1) is 0 Å². The number of benzene rings is 3. The highest BCUT2D eigenvalue weighted by molar-refractivity contribution is 7.92. The first-order valence-corrected chi connectivity index (χ1v) is 12.1. The average Bonchev–Trinajstić information content (AvgIpc) is 3.12. The molecular weight excluding hydrogens is 447 g/mol. The second-order valence-corrected chi connectivity index (χ2v) is 9.49. The number of carbonyl (C=O) groups excluding carboxylic acids is 1. The van der Waals surface area contributed by atoms with E-state index in [1.807, 2.05) is 48.5 Å². The Morgan fingerprint density at radius 2 is 1.64 bits per heavy atom. The third-order valence-corrected chi connectivity index (χ3v) is 6.76. The van der Waals surface area contributed by atoms with Gasteiger partial charge in [-0.05, 0) is 46.9 Å². The van der Waals surface area contributed by atoms with Crippen molar-refractivity contribution < 1.29 is 27.4 Å². The lowest BCUT2D eigenvalue weighted by molar-refractivity contribution is 0.158. The zero-order chi connectivity index (χ0) is 23.4. The maximum Gasteiger partial charge on any atom is 0.411 e. The Morgan fingerprint density at radius 3 is 2.27 bits per heavy atom. The molecule has 0 aromatic heterocycles. The van der Waals surface area contributed by atoms with Gasteiger partial charge in [0.1, 0.15) is 12.4 Å². The van der Waals surface area contributed by atoms with Gasteiger partial charge < -0.3 is 9.84 Å². The minimum atomic E-state index is -3.71. The van der Waals surface area contributed by atoms with E-state index in [0.717, 1.165) is 28.3 Å². The molecule has 0 atom stereocenters. The molecule has 0 fully saturated rings. The molecule has 0 unspecified atom stereocenters. The predicted octanol–water partition coefficient (Wildman–Crippen LogP) is 4.31. The molecule has 7 nitrogen and oxygen atoms in total. The zero-order valence-corrected chi connectivity index (χ0v) is 18.4. The molecule has 1 aliphatic carbocycles. The van der Waals surface area contributed by atoms with Gasteiger partial charge in [0.25, 0.3) is 0 Å². The van der Waals surface area contributed by atoms with Gasteiger partial charge in [0.15, 0.2) is 0 Å². The van der Waals surface area contributed by atoms with Crippen molar-refractivity contribution in [2.24, 2.45) is 0 Å². The number of fused-ring (bicyclic) bond motifs is 3. The summed E-state index contributed by atoms with van der Waals surface area (Å²) in [6.07, 6.45) is -0.780. The molecule has 3 N–H and O–H groups in total. The smallest absolute Gasteiger partial charge is 0.411 e. The molecule has 33 heavy (non-hydrogen) atoms. The Labute approximate surface area is 191 Å². The maximum atomic E-state index is 14.2. The van der Waals surface area contributed by atoms with Gasteiger partial charge in [-0.2, -0.15) is 0 Å². The van der Waals surface area contributed by atoms with Crippen LogP contribution in [0.25, 0.3) is 11.1 Å². The number of aliphatic hydroxyl groups excluding tert-OH is 1. The Hall–Kier alpha value is -3.43. The third kappa shape index (κ3) is 5.15. The molecule has 0 spiro atoms. The fourth-order valence-corrected chi connectivity index (χ4v) is 5.01. The van der Waals surface area contributed by atoms with Crippen molar-refractivity contribution >= 4 is 27.5 Å². The molecule has 3 aromatic carbocycles. The molecule has 0 bridgehead atoms. The van der Waals surface area contributed by atoms with Crippen LogP contribution in [-0.2, 0) is 14.8 Å². The largest absolute Gasteiger partial charge is 0.448 e. The van der Waals surface area contributed by atoms with E-state index in [0.29, 0.717) is 0 Å². The van der Waals surface area contributed by atoms with Crippen molar-refractivity contribution in [3.8, 4) is 11.1 Å². The molecule has 0 heterocycles. The monoisotopic (exact) mass is 470 g/mol. The summed E-state index contributed by atoms with van der Waals surface area (Å²) in [6.45, 7) is -0.201. The fourth-order valence-electron chi connectivity index (χ4n) is 3.91. The molecule has 3 aromatic rings. The van der Waals surface area contributed by atoms with Gasteiger partial charge in [0.2, 0.25) is 10.0 Å². The Morgan fingerprint density at radius 1 is 1.00 bits per heavy atom. The number of hydrogen-bond acceptors (Lipinski definition) is 5. The van der Waals surface area contributed by atoms with Crippen LogP contribution in [0.1, 0.15) is 23.5 Å². The van der Waals surface area contributed by atoms with Crippen molar-refractivity contribution in [2.75, 3.05) is 29.0 Å². The number of nitrogens with one attached hydrogen (secondary N) is 2. The van der Waals surface area contributed by atoms with Crippen molar-refractivity contribution in [2.45, 2.75) is 12.3 Å². The highest BCUT2D eigenvalue weighted by Gasteiger charge is 2.29. The number of anilines is 2. The fraction of sp³-hybridized carbons (Fsp3) is 0.208. The van der Waals surface area contributed by atoms with E-state index in [-0.39, 0.29) is 42.7 Å². The summed E-state index contributed by atoms with van der Waals surface area (Å²) in [5.41, 5.74) is 4.16. The lowest BCUT2D eigenvalue weighted by atomic mass is 9.98. The number of rotatable bonds is 8. The molecule has 0 saturated heterocycles. The summed E-state index contributed by atoms with van der Waals surface area (Å²) in [6, 6.07) is 19.3. The van der Waals surface area contributed by atoms with Crippen molar-refractivity contribution in [1.29, 1.82) is 0 Å². The second-order valence-electron chi connectivity index (χ2n) is 7.64. The van der Waals surface area contributed by atoms with Crippen molar-refractivity contribution in [1.82, 2.24) is 0 Å². The van der Waals surface area contributed by atoms with Crippen LogP contribution in [0.15, 0.2) is 66.7 Å². The first kappa shape index (κ1) is 22.8.